The number of hydrogen-bond donors (Lipinski definition) is 1. The van der Waals surface area contributed by atoms with Gasteiger partial charge in [0.25, 0.3) is 17.0 Å². The molecule has 0 bridgehead atoms. The van der Waals surface area contributed by atoms with Gasteiger partial charge in [-0.1, -0.05) is 6.07 Å². The highest BCUT2D eigenvalue weighted by molar-refractivity contribution is 5.94. The SMILES string of the molecule is O=C(c1cccc(-n2[nH]c(=O)ccc2=O)c1)N1CCC(c2ncco2)CC1. The highest BCUT2D eigenvalue weighted by Gasteiger charge is 2.26. The van der Waals surface area contributed by atoms with E-state index in [1.165, 1.54) is 12.1 Å². The number of amides is 1. The molecule has 1 aliphatic heterocycles. The van der Waals surface area contributed by atoms with Crippen molar-refractivity contribution < 1.29 is 9.21 Å². The summed E-state index contributed by atoms with van der Waals surface area (Å²) in [6, 6.07) is 9.05. The molecule has 0 aliphatic carbocycles. The van der Waals surface area contributed by atoms with Crippen LogP contribution in [-0.2, 0) is 0 Å². The number of likely N-dealkylation sites (tertiary alicyclic amines) is 1. The number of nitrogens with zero attached hydrogens (tertiary/aromatic N) is 3. The summed E-state index contributed by atoms with van der Waals surface area (Å²) >= 11 is 0. The largest absolute Gasteiger partial charge is 0.449 e. The fourth-order valence-electron chi connectivity index (χ4n) is 3.34. The highest BCUT2D eigenvalue weighted by atomic mass is 16.3. The number of piperidine rings is 1. The zero-order valence-corrected chi connectivity index (χ0v) is 14.5. The van der Waals surface area contributed by atoms with Crippen molar-refractivity contribution in [3.63, 3.8) is 0 Å². The Morgan fingerprint density at radius 2 is 1.96 bits per heavy atom. The maximum absolute atomic E-state index is 12.9. The second-order valence-corrected chi connectivity index (χ2v) is 6.47. The van der Waals surface area contributed by atoms with Crippen molar-refractivity contribution in [2.75, 3.05) is 13.1 Å². The fraction of sp³-hybridized carbons (Fsp3) is 0.263. The van der Waals surface area contributed by atoms with E-state index < -0.39 is 0 Å². The third-order valence-electron chi connectivity index (χ3n) is 4.75. The number of hydrogen-bond acceptors (Lipinski definition) is 5. The molecule has 3 heterocycles. The minimum atomic E-state index is -0.389. The normalized spacial score (nSPS) is 15.0. The third-order valence-corrected chi connectivity index (χ3v) is 4.75. The van der Waals surface area contributed by atoms with E-state index in [9.17, 15) is 14.4 Å². The second kappa shape index (κ2) is 7.06. The Labute approximate surface area is 154 Å². The van der Waals surface area contributed by atoms with Crippen molar-refractivity contribution >= 4 is 5.91 Å². The fourth-order valence-corrected chi connectivity index (χ4v) is 3.34. The van der Waals surface area contributed by atoms with Gasteiger partial charge in [0.05, 0.1) is 11.9 Å². The molecule has 2 aromatic heterocycles. The highest BCUT2D eigenvalue weighted by Crippen LogP contribution is 2.27. The van der Waals surface area contributed by atoms with Crippen LogP contribution in [-0.4, -0.2) is 38.7 Å². The lowest BCUT2D eigenvalue weighted by Gasteiger charge is -2.30. The van der Waals surface area contributed by atoms with Crippen LogP contribution in [0.15, 0.2) is 62.9 Å². The standard InChI is InChI=1S/C19H18N4O4/c24-16-4-5-17(25)23(21-16)15-3-1-2-14(12-15)19(26)22-9-6-13(7-10-22)18-20-8-11-27-18/h1-5,8,11-13H,6-7,9-10H2,(H,21,24). The molecule has 3 aromatic rings. The summed E-state index contributed by atoms with van der Waals surface area (Å²) in [5.74, 6) is 0.842. The number of aromatic amines is 1. The Hall–Kier alpha value is -3.42. The van der Waals surface area contributed by atoms with E-state index in [0.29, 0.717) is 24.3 Å². The van der Waals surface area contributed by atoms with E-state index in [1.54, 1.807) is 41.6 Å². The number of H-pyrrole nitrogens is 1. The monoisotopic (exact) mass is 366 g/mol. The van der Waals surface area contributed by atoms with Crippen LogP contribution in [0.3, 0.4) is 0 Å². The van der Waals surface area contributed by atoms with Gasteiger partial charge in [0.2, 0.25) is 0 Å². The van der Waals surface area contributed by atoms with E-state index in [0.717, 1.165) is 23.4 Å². The molecule has 1 saturated heterocycles. The van der Waals surface area contributed by atoms with Gasteiger partial charge in [-0.25, -0.2) is 9.67 Å². The molecule has 138 valence electrons. The van der Waals surface area contributed by atoms with E-state index in [2.05, 4.69) is 10.1 Å². The third kappa shape index (κ3) is 3.46. The van der Waals surface area contributed by atoms with Crippen LogP contribution in [0.5, 0.6) is 0 Å². The predicted octanol–water partition coefficient (Wildman–Crippen LogP) is 1.53. The van der Waals surface area contributed by atoms with Crippen LogP contribution in [0.25, 0.3) is 5.69 Å². The van der Waals surface area contributed by atoms with Crippen molar-refractivity contribution in [2.24, 2.45) is 0 Å². The van der Waals surface area contributed by atoms with E-state index in [-0.39, 0.29) is 22.9 Å². The van der Waals surface area contributed by atoms with Gasteiger partial charge in [-0.15, -0.1) is 0 Å². The molecule has 0 unspecified atom stereocenters. The summed E-state index contributed by atoms with van der Waals surface area (Å²) in [6.07, 6.45) is 4.78. The lowest BCUT2D eigenvalue weighted by atomic mass is 9.96. The van der Waals surface area contributed by atoms with Gasteiger partial charge in [0.15, 0.2) is 5.89 Å². The Balaban J connectivity index is 1.52. The lowest BCUT2D eigenvalue weighted by molar-refractivity contribution is 0.0706. The maximum atomic E-state index is 12.9. The van der Waals surface area contributed by atoms with E-state index >= 15 is 0 Å². The van der Waals surface area contributed by atoms with E-state index in [1.807, 2.05) is 0 Å². The average molecular weight is 366 g/mol. The first-order chi connectivity index (χ1) is 13.1. The van der Waals surface area contributed by atoms with Crippen LogP contribution in [0, 0.1) is 0 Å². The summed E-state index contributed by atoms with van der Waals surface area (Å²) in [5, 5.41) is 2.47. The molecule has 1 fully saturated rings. The molecule has 1 aliphatic rings. The number of rotatable bonds is 3. The van der Waals surface area contributed by atoms with Crippen molar-refractivity contribution in [1.29, 1.82) is 0 Å². The van der Waals surface area contributed by atoms with Crippen LogP contribution in [0.1, 0.15) is 35.0 Å². The summed E-state index contributed by atoms with van der Waals surface area (Å²) in [7, 11) is 0. The Morgan fingerprint density at radius 1 is 1.15 bits per heavy atom. The molecular weight excluding hydrogens is 348 g/mol. The van der Waals surface area contributed by atoms with Gasteiger partial charge in [-0.3, -0.25) is 19.5 Å². The quantitative estimate of drug-likeness (QED) is 0.758. The minimum Gasteiger partial charge on any atom is -0.449 e. The molecule has 0 spiro atoms. The van der Waals surface area contributed by atoms with Crippen LogP contribution in [0.2, 0.25) is 0 Å². The van der Waals surface area contributed by atoms with Gasteiger partial charge >= 0.3 is 0 Å². The molecule has 0 saturated carbocycles. The topological polar surface area (TPSA) is 101 Å². The predicted molar refractivity (Wildman–Crippen MR) is 97.0 cm³/mol. The number of aromatic nitrogens is 3. The van der Waals surface area contributed by atoms with Crippen LogP contribution < -0.4 is 11.1 Å². The minimum absolute atomic E-state index is 0.103. The molecule has 8 heteroatoms. The van der Waals surface area contributed by atoms with Crippen molar-refractivity contribution in [1.82, 2.24) is 19.7 Å². The summed E-state index contributed by atoms with van der Waals surface area (Å²) in [4.78, 5) is 42.3. The van der Waals surface area contributed by atoms with E-state index in [4.69, 9.17) is 4.42 Å². The molecule has 1 N–H and O–H groups in total. The first kappa shape index (κ1) is 17.0. The zero-order valence-electron chi connectivity index (χ0n) is 14.5. The lowest BCUT2D eigenvalue weighted by Crippen LogP contribution is -2.38. The molecule has 8 nitrogen and oxygen atoms in total. The Kier molecular flexibility index (Phi) is 4.45. The molecule has 0 radical (unpaired) electrons. The summed E-state index contributed by atoms with van der Waals surface area (Å²) in [5.41, 5.74) is 0.155. The van der Waals surface area contributed by atoms with Crippen molar-refractivity contribution in [3.8, 4) is 5.69 Å². The van der Waals surface area contributed by atoms with Crippen molar-refractivity contribution in [2.45, 2.75) is 18.8 Å². The number of benzene rings is 1. The van der Waals surface area contributed by atoms with Gasteiger partial charge in [0, 0.05) is 36.7 Å². The second-order valence-electron chi connectivity index (χ2n) is 6.47. The number of nitrogens with one attached hydrogen (secondary N) is 1. The van der Waals surface area contributed by atoms with Crippen molar-refractivity contribution in [3.05, 3.63) is 81.0 Å². The number of carbonyl (C=O) groups is 1. The summed E-state index contributed by atoms with van der Waals surface area (Å²) < 4.78 is 6.50. The van der Waals surface area contributed by atoms with Crippen LogP contribution in [0.4, 0.5) is 0 Å². The smallest absolute Gasteiger partial charge is 0.269 e. The molecular formula is C19H18N4O4. The molecule has 27 heavy (non-hydrogen) atoms. The summed E-state index contributed by atoms with van der Waals surface area (Å²) in [6.45, 7) is 1.22. The first-order valence-electron chi connectivity index (χ1n) is 8.73. The van der Waals surface area contributed by atoms with Gasteiger partial charge in [-0.2, -0.15) is 0 Å². The molecule has 1 aromatic carbocycles. The molecule has 1 amide bonds. The van der Waals surface area contributed by atoms with Gasteiger partial charge in [0.1, 0.15) is 6.26 Å². The molecule has 0 atom stereocenters. The van der Waals surface area contributed by atoms with Gasteiger partial charge in [-0.05, 0) is 31.0 Å². The Morgan fingerprint density at radius 3 is 2.70 bits per heavy atom. The van der Waals surface area contributed by atoms with Gasteiger partial charge < -0.3 is 9.32 Å². The number of oxazole rings is 1. The molecule has 4 rings (SSSR count). The van der Waals surface area contributed by atoms with Crippen LogP contribution >= 0.6 is 0 Å². The zero-order chi connectivity index (χ0) is 18.8. The first-order valence-corrected chi connectivity index (χ1v) is 8.73. The number of carbonyl (C=O) groups excluding carboxylic acids is 1. The Bertz CT molecular complexity index is 1060. The average Bonchev–Trinajstić information content (AvgIpc) is 3.24. The maximum Gasteiger partial charge on any atom is 0.269 e.